The largest absolute Gasteiger partial charge is 0.288 e. The normalized spacial score (nSPS) is 10.4. The van der Waals surface area contributed by atoms with Crippen molar-refractivity contribution in [3.8, 4) is 0 Å². The van der Waals surface area contributed by atoms with E-state index in [1.807, 2.05) is 0 Å². The van der Waals surface area contributed by atoms with E-state index in [0.717, 1.165) is 6.07 Å². The van der Waals surface area contributed by atoms with Gasteiger partial charge in [-0.2, -0.15) is 0 Å². The van der Waals surface area contributed by atoms with Crippen molar-refractivity contribution in [2.75, 3.05) is 0 Å². The molecule has 1 aromatic heterocycles. The summed E-state index contributed by atoms with van der Waals surface area (Å²) in [5.41, 5.74) is 0.329. The van der Waals surface area contributed by atoms with Gasteiger partial charge in [-0.1, -0.05) is 23.2 Å². The number of benzene rings is 1. The van der Waals surface area contributed by atoms with Crippen molar-refractivity contribution in [2.45, 2.75) is 0 Å². The van der Waals surface area contributed by atoms with Gasteiger partial charge in [0.2, 0.25) is 5.78 Å². The van der Waals surface area contributed by atoms with Crippen molar-refractivity contribution in [3.63, 3.8) is 0 Å². The van der Waals surface area contributed by atoms with Crippen molar-refractivity contribution < 1.29 is 9.18 Å². The summed E-state index contributed by atoms with van der Waals surface area (Å²) >= 11 is 12.7. The number of hydrogen-bond donors (Lipinski definition) is 0. The average molecular weight is 275 g/mol. The Morgan fingerprint density at radius 1 is 1.19 bits per heavy atom. The highest BCUT2D eigenvalue weighted by atomic mass is 35.5. The monoisotopic (exact) mass is 274 g/mol. The molecule has 0 N–H and O–H groups in total. The van der Waals surface area contributed by atoms with Crippen LogP contribution in [0, 0.1) is 5.82 Å². The topological polar surface area (TPSA) is 17.1 Å². The molecule has 0 bridgehead atoms. The standard InChI is InChI=1S/C11H5Cl2FOS/c12-7-3-4-16-11(7)10(15)6-1-2-9(14)8(13)5-6/h1-5H. The molecule has 16 heavy (non-hydrogen) atoms. The van der Waals surface area contributed by atoms with Crippen LogP contribution in [0.25, 0.3) is 0 Å². The van der Waals surface area contributed by atoms with Crippen molar-refractivity contribution in [3.05, 3.63) is 55.9 Å². The van der Waals surface area contributed by atoms with Gasteiger partial charge in [0.1, 0.15) is 5.82 Å². The van der Waals surface area contributed by atoms with E-state index in [1.54, 1.807) is 11.4 Å². The number of carbonyl (C=O) groups is 1. The molecular formula is C11H5Cl2FOS. The van der Waals surface area contributed by atoms with E-state index < -0.39 is 5.82 Å². The molecule has 82 valence electrons. The third-order valence-electron chi connectivity index (χ3n) is 2.01. The second kappa shape index (κ2) is 4.53. The van der Waals surface area contributed by atoms with E-state index in [2.05, 4.69) is 0 Å². The second-order valence-electron chi connectivity index (χ2n) is 3.06. The molecule has 0 radical (unpaired) electrons. The Balaban J connectivity index is 2.42. The van der Waals surface area contributed by atoms with Gasteiger partial charge in [0, 0.05) is 5.56 Å². The van der Waals surface area contributed by atoms with Crippen molar-refractivity contribution in [1.82, 2.24) is 0 Å². The summed E-state index contributed by atoms with van der Waals surface area (Å²) in [7, 11) is 0. The molecule has 0 amide bonds. The second-order valence-corrected chi connectivity index (χ2v) is 4.79. The highest BCUT2D eigenvalue weighted by Gasteiger charge is 2.15. The Morgan fingerprint density at radius 3 is 2.50 bits per heavy atom. The number of rotatable bonds is 2. The third-order valence-corrected chi connectivity index (χ3v) is 3.64. The Hall–Kier alpha value is -0.900. The fourth-order valence-electron chi connectivity index (χ4n) is 1.22. The highest BCUT2D eigenvalue weighted by molar-refractivity contribution is 7.13. The maximum atomic E-state index is 12.9. The smallest absolute Gasteiger partial charge is 0.204 e. The molecule has 0 aliphatic rings. The van der Waals surface area contributed by atoms with Crippen molar-refractivity contribution in [2.24, 2.45) is 0 Å². The van der Waals surface area contributed by atoms with Crippen LogP contribution in [0.15, 0.2) is 29.6 Å². The summed E-state index contributed by atoms with van der Waals surface area (Å²) in [5, 5.41) is 2.05. The van der Waals surface area contributed by atoms with Crippen molar-refractivity contribution in [1.29, 1.82) is 0 Å². The van der Waals surface area contributed by atoms with Gasteiger partial charge in [-0.05, 0) is 29.6 Å². The minimum Gasteiger partial charge on any atom is -0.288 e. The molecule has 2 rings (SSSR count). The summed E-state index contributed by atoms with van der Waals surface area (Å²) in [6.45, 7) is 0. The zero-order valence-corrected chi connectivity index (χ0v) is 10.2. The van der Waals surface area contributed by atoms with Gasteiger partial charge in [0.05, 0.1) is 14.9 Å². The maximum absolute atomic E-state index is 12.9. The van der Waals surface area contributed by atoms with Gasteiger partial charge in [-0.15, -0.1) is 11.3 Å². The molecule has 0 saturated carbocycles. The summed E-state index contributed by atoms with van der Waals surface area (Å²) in [5.74, 6) is -0.794. The Kier molecular flexibility index (Phi) is 3.28. The molecule has 5 heteroatoms. The van der Waals surface area contributed by atoms with E-state index in [9.17, 15) is 9.18 Å². The average Bonchev–Trinajstić information content (AvgIpc) is 2.67. The van der Waals surface area contributed by atoms with Crippen LogP contribution in [0.1, 0.15) is 15.2 Å². The summed E-state index contributed by atoms with van der Waals surface area (Å²) in [6, 6.07) is 5.50. The Labute approximate surface area is 105 Å². The predicted molar refractivity (Wildman–Crippen MR) is 64.2 cm³/mol. The van der Waals surface area contributed by atoms with E-state index in [-0.39, 0.29) is 10.8 Å². The molecule has 2 aromatic rings. The van der Waals surface area contributed by atoms with Gasteiger partial charge in [0.15, 0.2) is 0 Å². The van der Waals surface area contributed by atoms with E-state index in [4.69, 9.17) is 23.2 Å². The number of carbonyl (C=O) groups excluding carboxylic acids is 1. The minimum absolute atomic E-state index is 0.0708. The van der Waals surface area contributed by atoms with Crippen molar-refractivity contribution >= 4 is 40.3 Å². The fourth-order valence-corrected chi connectivity index (χ4v) is 2.51. The van der Waals surface area contributed by atoms with Gasteiger partial charge in [-0.3, -0.25) is 4.79 Å². The van der Waals surface area contributed by atoms with Gasteiger partial charge in [-0.25, -0.2) is 4.39 Å². The van der Waals surface area contributed by atoms with Crippen LogP contribution in [-0.2, 0) is 0 Å². The Bertz CT molecular complexity index is 551. The lowest BCUT2D eigenvalue weighted by Crippen LogP contribution is -1.99. The SMILES string of the molecule is O=C(c1ccc(F)c(Cl)c1)c1sccc1Cl. The number of hydrogen-bond acceptors (Lipinski definition) is 2. The van der Waals surface area contributed by atoms with E-state index in [1.165, 1.54) is 23.5 Å². The molecule has 0 fully saturated rings. The highest BCUT2D eigenvalue weighted by Crippen LogP contribution is 2.26. The summed E-state index contributed by atoms with van der Waals surface area (Å²) in [6.07, 6.45) is 0. The molecule has 0 spiro atoms. The molecule has 0 saturated heterocycles. The Morgan fingerprint density at radius 2 is 1.94 bits per heavy atom. The van der Waals surface area contributed by atoms with Gasteiger partial charge in [0.25, 0.3) is 0 Å². The van der Waals surface area contributed by atoms with Crippen LogP contribution >= 0.6 is 34.5 Å². The number of ketones is 1. The van der Waals surface area contributed by atoms with Crippen LogP contribution in [0.4, 0.5) is 4.39 Å². The molecule has 0 unspecified atom stereocenters. The minimum atomic E-state index is -0.546. The quantitative estimate of drug-likeness (QED) is 0.741. The molecular weight excluding hydrogens is 270 g/mol. The zero-order valence-electron chi connectivity index (χ0n) is 7.84. The zero-order chi connectivity index (χ0) is 11.7. The lowest BCUT2D eigenvalue weighted by atomic mass is 10.1. The third kappa shape index (κ3) is 2.12. The van der Waals surface area contributed by atoms with E-state index in [0.29, 0.717) is 15.5 Å². The fraction of sp³-hybridized carbons (Fsp3) is 0. The van der Waals surface area contributed by atoms with Crippen LogP contribution in [-0.4, -0.2) is 5.78 Å². The molecule has 0 aliphatic heterocycles. The van der Waals surface area contributed by atoms with Crippen LogP contribution in [0.5, 0.6) is 0 Å². The summed E-state index contributed by atoms with van der Waals surface area (Å²) in [4.78, 5) is 12.4. The van der Waals surface area contributed by atoms with Crippen LogP contribution in [0.2, 0.25) is 10.0 Å². The molecule has 0 atom stereocenters. The van der Waals surface area contributed by atoms with Crippen LogP contribution < -0.4 is 0 Å². The lowest BCUT2D eigenvalue weighted by Gasteiger charge is -2.00. The molecule has 0 aliphatic carbocycles. The van der Waals surface area contributed by atoms with Crippen LogP contribution in [0.3, 0.4) is 0 Å². The maximum Gasteiger partial charge on any atom is 0.204 e. The first-order valence-corrected chi connectivity index (χ1v) is 5.96. The first-order chi connectivity index (χ1) is 7.59. The molecule has 1 heterocycles. The summed E-state index contributed by atoms with van der Waals surface area (Å²) < 4.78 is 12.9. The number of halogens is 3. The molecule has 1 nitrogen and oxygen atoms in total. The first kappa shape index (κ1) is 11.6. The van der Waals surface area contributed by atoms with Gasteiger partial charge < -0.3 is 0 Å². The molecule has 1 aromatic carbocycles. The van der Waals surface area contributed by atoms with Gasteiger partial charge >= 0.3 is 0 Å². The lowest BCUT2D eigenvalue weighted by molar-refractivity contribution is 0.104. The van der Waals surface area contributed by atoms with E-state index >= 15 is 0 Å². The first-order valence-electron chi connectivity index (χ1n) is 4.32. The number of thiophene rings is 1. The predicted octanol–water partition coefficient (Wildman–Crippen LogP) is 4.43.